The fraction of sp³-hybridized carbons (Fsp3) is 0.467. The van der Waals surface area contributed by atoms with Crippen molar-refractivity contribution in [1.82, 2.24) is 25.5 Å². The molecule has 3 rings (SSSR count). The molecule has 2 heterocycles. The number of hydrogen-bond acceptors (Lipinski definition) is 6. The fourth-order valence-corrected chi connectivity index (χ4v) is 2.23. The van der Waals surface area contributed by atoms with E-state index < -0.39 is 0 Å². The molecular weight excluding hydrogens is 294 g/mol. The summed E-state index contributed by atoms with van der Waals surface area (Å²) in [7, 11) is 3.49. The standard InChI is InChI=1S/C15H21N7O/c1-16-14(23)6-8-22(2)15-17-7-5-12(19-15)18-13-9-11(20-21-13)10-3-4-10/h5,7,9-10H,3-4,6,8H2,1-2H3,(H,16,23)(H2,17,18,19,20,21). The van der Waals surface area contributed by atoms with Gasteiger partial charge in [0.2, 0.25) is 11.9 Å². The maximum absolute atomic E-state index is 11.3. The molecule has 1 aliphatic rings. The number of aromatic amines is 1. The minimum absolute atomic E-state index is 0.00439. The van der Waals surface area contributed by atoms with E-state index in [-0.39, 0.29) is 5.91 Å². The number of H-pyrrole nitrogens is 1. The maximum atomic E-state index is 11.3. The average molecular weight is 315 g/mol. The molecule has 0 spiro atoms. The molecule has 122 valence electrons. The van der Waals surface area contributed by atoms with Gasteiger partial charge in [0.1, 0.15) is 5.82 Å². The minimum atomic E-state index is -0.00439. The Hall–Kier alpha value is -2.64. The van der Waals surface area contributed by atoms with Gasteiger partial charge in [0.15, 0.2) is 5.82 Å². The number of rotatable bonds is 7. The molecule has 0 atom stereocenters. The number of nitrogens with zero attached hydrogens (tertiary/aromatic N) is 4. The first kappa shape index (κ1) is 15.3. The van der Waals surface area contributed by atoms with Gasteiger partial charge in [-0.1, -0.05) is 0 Å². The van der Waals surface area contributed by atoms with Gasteiger partial charge in [-0.3, -0.25) is 9.89 Å². The minimum Gasteiger partial charge on any atom is -0.359 e. The van der Waals surface area contributed by atoms with Crippen molar-refractivity contribution in [1.29, 1.82) is 0 Å². The number of carbonyl (C=O) groups excluding carboxylic acids is 1. The second kappa shape index (κ2) is 6.64. The van der Waals surface area contributed by atoms with Crippen LogP contribution in [0.1, 0.15) is 30.9 Å². The Kier molecular flexibility index (Phi) is 4.40. The highest BCUT2D eigenvalue weighted by Gasteiger charge is 2.25. The largest absolute Gasteiger partial charge is 0.359 e. The number of aromatic nitrogens is 4. The lowest BCUT2D eigenvalue weighted by Crippen LogP contribution is -2.27. The number of anilines is 3. The van der Waals surface area contributed by atoms with Gasteiger partial charge < -0.3 is 15.5 Å². The summed E-state index contributed by atoms with van der Waals surface area (Å²) in [5.74, 6) is 2.63. The second-order valence-corrected chi connectivity index (χ2v) is 5.69. The Morgan fingerprint density at radius 2 is 2.26 bits per heavy atom. The van der Waals surface area contributed by atoms with Crippen molar-refractivity contribution in [2.75, 3.05) is 30.9 Å². The molecule has 0 aromatic carbocycles. The van der Waals surface area contributed by atoms with E-state index in [1.165, 1.54) is 18.5 Å². The number of nitrogens with one attached hydrogen (secondary N) is 3. The fourth-order valence-electron chi connectivity index (χ4n) is 2.23. The van der Waals surface area contributed by atoms with Crippen LogP contribution in [0, 0.1) is 0 Å². The molecule has 0 saturated heterocycles. The second-order valence-electron chi connectivity index (χ2n) is 5.69. The topological polar surface area (TPSA) is 98.8 Å². The number of amides is 1. The molecule has 0 radical (unpaired) electrons. The van der Waals surface area contributed by atoms with Gasteiger partial charge >= 0.3 is 0 Å². The van der Waals surface area contributed by atoms with Gasteiger partial charge in [0.05, 0.1) is 0 Å². The molecule has 23 heavy (non-hydrogen) atoms. The molecule has 2 aromatic heterocycles. The summed E-state index contributed by atoms with van der Waals surface area (Å²) in [4.78, 5) is 21.9. The third-order valence-corrected chi connectivity index (χ3v) is 3.81. The van der Waals surface area contributed by atoms with Crippen LogP contribution < -0.4 is 15.5 Å². The monoisotopic (exact) mass is 315 g/mol. The van der Waals surface area contributed by atoms with E-state index in [1.54, 1.807) is 19.3 Å². The van der Waals surface area contributed by atoms with Crippen LogP contribution in [0.3, 0.4) is 0 Å². The molecule has 1 amide bonds. The molecule has 1 aliphatic carbocycles. The Balaban J connectivity index is 1.62. The van der Waals surface area contributed by atoms with E-state index in [2.05, 4.69) is 30.8 Å². The highest BCUT2D eigenvalue weighted by atomic mass is 16.1. The van der Waals surface area contributed by atoms with Crippen LogP contribution >= 0.6 is 0 Å². The molecule has 8 nitrogen and oxygen atoms in total. The smallest absolute Gasteiger partial charge is 0.227 e. The van der Waals surface area contributed by atoms with Gasteiger partial charge in [-0.25, -0.2) is 4.98 Å². The number of hydrogen-bond donors (Lipinski definition) is 3. The highest BCUT2D eigenvalue weighted by Crippen LogP contribution is 2.39. The Morgan fingerprint density at radius 1 is 1.43 bits per heavy atom. The lowest BCUT2D eigenvalue weighted by atomic mass is 10.3. The summed E-state index contributed by atoms with van der Waals surface area (Å²) in [6, 6.07) is 3.82. The lowest BCUT2D eigenvalue weighted by Gasteiger charge is -2.16. The molecule has 1 fully saturated rings. The van der Waals surface area contributed by atoms with Crippen molar-refractivity contribution < 1.29 is 4.79 Å². The highest BCUT2D eigenvalue weighted by molar-refractivity contribution is 5.76. The maximum Gasteiger partial charge on any atom is 0.227 e. The van der Waals surface area contributed by atoms with Crippen molar-refractivity contribution in [3.8, 4) is 0 Å². The zero-order valence-electron chi connectivity index (χ0n) is 13.3. The van der Waals surface area contributed by atoms with Crippen LogP contribution in [-0.4, -0.2) is 46.7 Å². The van der Waals surface area contributed by atoms with Crippen LogP contribution in [0.15, 0.2) is 18.3 Å². The van der Waals surface area contributed by atoms with Crippen molar-refractivity contribution in [2.24, 2.45) is 0 Å². The molecule has 0 unspecified atom stereocenters. The molecule has 8 heteroatoms. The molecular formula is C15H21N7O. The lowest BCUT2D eigenvalue weighted by molar-refractivity contribution is -0.120. The predicted octanol–water partition coefficient (Wildman–Crippen LogP) is 1.39. The summed E-state index contributed by atoms with van der Waals surface area (Å²) in [5.41, 5.74) is 1.17. The molecule has 3 N–H and O–H groups in total. The van der Waals surface area contributed by atoms with Gasteiger partial charge in [-0.15, -0.1) is 0 Å². The molecule has 0 aliphatic heterocycles. The van der Waals surface area contributed by atoms with Crippen molar-refractivity contribution in [3.05, 3.63) is 24.0 Å². The molecule has 0 bridgehead atoms. The summed E-state index contributed by atoms with van der Waals surface area (Å²) in [6.45, 7) is 0.553. The first-order valence-electron chi connectivity index (χ1n) is 7.73. The van der Waals surface area contributed by atoms with E-state index in [4.69, 9.17) is 0 Å². The van der Waals surface area contributed by atoms with Gasteiger partial charge in [0.25, 0.3) is 0 Å². The van der Waals surface area contributed by atoms with E-state index in [9.17, 15) is 4.79 Å². The summed E-state index contributed by atoms with van der Waals surface area (Å²) >= 11 is 0. The summed E-state index contributed by atoms with van der Waals surface area (Å²) in [6.07, 6.45) is 4.55. The molecule has 2 aromatic rings. The van der Waals surface area contributed by atoms with E-state index in [0.717, 1.165) is 5.82 Å². The molecule has 1 saturated carbocycles. The van der Waals surface area contributed by atoms with Crippen LogP contribution in [0.2, 0.25) is 0 Å². The van der Waals surface area contributed by atoms with Crippen molar-refractivity contribution in [3.63, 3.8) is 0 Å². The van der Waals surface area contributed by atoms with Gasteiger partial charge in [-0.05, 0) is 18.9 Å². The number of carbonyl (C=O) groups is 1. The summed E-state index contributed by atoms with van der Waals surface area (Å²) in [5, 5.41) is 13.1. The van der Waals surface area contributed by atoms with Crippen molar-refractivity contribution in [2.45, 2.75) is 25.2 Å². The Labute approximate surface area is 134 Å². The average Bonchev–Trinajstić information content (AvgIpc) is 3.32. The van der Waals surface area contributed by atoms with E-state index in [0.29, 0.717) is 30.6 Å². The third-order valence-electron chi connectivity index (χ3n) is 3.81. The van der Waals surface area contributed by atoms with Crippen LogP contribution in [0.5, 0.6) is 0 Å². The van der Waals surface area contributed by atoms with Crippen LogP contribution in [0.25, 0.3) is 0 Å². The van der Waals surface area contributed by atoms with Gasteiger partial charge in [0, 0.05) is 50.9 Å². The normalized spacial score (nSPS) is 13.7. The Bertz CT molecular complexity index is 680. The van der Waals surface area contributed by atoms with E-state index in [1.807, 2.05) is 18.0 Å². The zero-order valence-corrected chi connectivity index (χ0v) is 13.3. The Morgan fingerprint density at radius 3 is 3.00 bits per heavy atom. The summed E-state index contributed by atoms with van der Waals surface area (Å²) < 4.78 is 0. The third kappa shape index (κ3) is 3.97. The first-order chi connectivity index (χ1) is 11.2. The van der Waals surface area contributed by atoms with E-state index >= 15 is 0 Å². The zero-order chi connectivity index (χ0) is 16.2. The SMILES string of the molecule is CNC(=O)CCN(C)c1nccc(Nc2cc(C3CC3)[nH]n2)n1. The van der Waals surface area contributed by atoms with Gasteiger partial charge in [-0.2, -0.15) is 10.1 Å². The first-order valence-corrected chi connectivity index (χ1v) is 7.73. The van der Waals surface area contributed by atoms with Crippen LogP contribution in [0.4, 0.5) is 17.6 Å². The predicted molar refractivity (Wildman–Crippen MR) is 87.8 cm³/mol. The van der Waals surface area contributed by atoms with Crippen molar-refractivity contribution >= 4 is 23.5 Å². The van der Waals surface area contributed by atoms with Crippen LogP contribution in [-0.2, 0) is 4.79 Å². The quantitative estimate of drug-likeness (QED) is 0.714.